The summed E-state index contributed by atoms with van der Waals surface area (Å²) in [6.45, 7) is 0.765. The van der Waals surface area contributed by atoms with Crippen LogP contribution in [0.3, 0.4) is 0 Å². The number of halogens is 1. The standard InChI is InChI=1S/C13H19ClN2O2S/c1-15-8-10-3-4-13(12(14)7-10)16(2)11-5-6-19(17,18)9-11/h3-4,7,11,15H,5-6,8-9H2,1-2H3. The Hall–Kier alpha value is -0.780. The van der Waals surface area contributed by atoms with Crippen molar-refractivity contribution in [2.24, 2.45) is 0 Å². The molecule has 0 amide bonds. The lowest BCUT2D eigenvalue weighted by Gasteiger charge is -2.26. The van der Waals surface area contributed by atoms with Crippen molar-refractivity contribution in [2.75, 3.05) is 30.5 Å². The van der Waals surface area contributed by atoms with Gasteiger partial charge in [-0.2, -0.15) is 0 Å². The number of benzene rings is 1. The van der Waals surface area contributed by atoms with E-state index in [9.17, 15) is 8.42 Å². The summed E-state index contributed by atoms with van der Waals surface area (Å²) in [5, 5.41) is 3.74. The van der Waals surface area contributed by atoms with Crippen LogP contribution in [0.5, 0.6) is 0 Å². The van der Waals surface area contributed by atoms with E-state index in [2.05, 4.69) is 5.32 Å². The fraction of sp³-hybridized carbons (Fsp3) is 0.538. The Morgan fingerprint density at radius 3 is 2.74 bits per heavy atom. The summed E-state index contributed by atoms with van der Waals surface area (Å²) in [6, 6.07) is 5.92. The molecule has 2 rings (SSSR count). The molecule has 6 heteroatoms. The Morgan fingerprint density at radius 2 is 2.21 bits per heavy atom. The zero-order valence-electron chi connectivity index (χ0n) is 11.2. The molecule has 0 spiro atoms. The molecule has 1 fully saturated rings. The van der Waals surface area contributed by atoms with E-state index in [-0.39, 0.29) is 17.5 Å². The number of anilines is 1. The molecule has 1 N–H and O–H groups in total. The average Bonchev–Trinajstić information content (AvgIpc) is 2.70. The van der Waals surface area contributed by atoms with Crippen molar-refractivity contribution in [1.82, 2.24) is 5.32 Å². The highest BCUT2D eigenvalue weighted by atomic mass is 35.5. The third-order valence-electron chi connectivity index (χ3n) is 3.53. The lowest BCUT2D eigenvalue weighted by Crippen LogP contribution is -2.32. The van der Waals surface area contributed by atoms with Crippen LogP contribution in [-0.2, 0) is 16.4 Å². The molecule has 0 radical (unpaired) electrons. The number of hydrogen-bond acceptors (Lipinski definition) is 4. The zero-order chi connectivity index (χ0) is 14.0. The van der Waals surface area contributed by atoms with Crippen LogP contribution < -0.4 is 10.2 Å². The molecule has 0 bridgehead atoms. The lowest BCUT2D eigenvalue weighted by atomic mass is 10.1. The summed E-state index contributed by atoms with van der Waals surface area (Å²) in [4.78, 5) is 1.98. The summed E-state index contributed by atoms with van der Waals surface area (Å²) >= 11 is 6.29. The zero-order valence-corrected chi connectivity index (χ0v) is 12.8. The third-order valence-corrected chi connectivity index (χ3v) is 5.58. The molecule has 106 valence electrons. The molecule has 1 aromatic rings. The first-order valence-electron chi connectivity index (χ1n) is 6.29. The van der Waals surface area contributed by atoms with E-state index in [0.29, 0.717) is 11.4 Å². The van der Waals surface area contributed by atoms with Gasteiger partial charge < -0.3 is 10.2 Å². The quantitative estimate of drug-likeness (QED) is 0.919. The van der Waals surface area contributed by atoms with E-state index >= 15 is 0 Å². The van der Waals surface area contributed by atoms with Crippen molar-refractivity contribution in [1.29, 1.82) is 0 Å². The number of hydrogen-bond donors (Lipinski definition) is 1. The van der Waals surface area contributed by atoms with Gasteiger partial charge in [0.05, 0.1) is 22.2 Å². The molecule has 0 aromatic heterocycles. The number of rotatable bonds is 4. The average molecular weight is 303 g/mol. The van der Waals surface area contributed by atoms with Crippen LogP contribution in [0.25, 0.3) is 0 Å². The Morgan fingerprint density at radius 1 is 1.47 bits per heavy atom. The smallest absolute Gasteiger partial charge is 0.152 e. The van der Waals surface area contributed by atoms with Gasteiger partial charge in [0.2, 0.25) is 0 Å². The highest BCUT2D eigenvalue weighted by molar-refractivity contribution is 7.91. The summed E-state index contributed by atoms with van der Waals surface area (Å²) in [5.41, 5.74) is 2.01. The molecular weight excluding hydrogens is 284 g/mol. The van der Waals surface area contributed by atoms with Gasteiger partial charge in [0.1, 0.15) is 0 Å². The maximum absolute atomic E-state index is 11.5. The highest BCUT2D eigenvalue weighted by Gasteiger charge is 2.31. The van der Waals surface area contributed by atoms with Crippen LogP contribution in [-0.4, -0.2) is 40.1 Å². The van der Waals surface area contributed by atoms with Gasteiger partial charge in [-0.05, 0) is 31.2 Å². The van der Waals surface area contributed by atoms with Crippen LogP contribution >= 0.6 is 11.6 Å². The number of sulfone groups is 1. The van der Waals surface area contributed by atoms with Crippen LogP contribution in [0.2, 0.25) is 5.02 Å². The van der Waals surface area contributed by atoms with E-state index in [1.54, 1.807) is 0 Å². The molecule has 1 aliphatic rings. The number of nitrogens with zero attached hydrogens (tertiary/aromatic N) is 1. The first kappa shape index (κ1) is 14.6. The van der Waals surface area contributed by atoms with Crippen molar-refractivity contribution in [3.8, 4) is 0 Å². The topological polar surface area (TPSA) is 49.4 Å². The van der Waals surface area contributed by atoms with Crippen LogP contribution in [0, 0.1) is 0 Å². The molecule has 0 aliphatic carbocycles. The predicted molar refractivity (Wildman–Crippen MR) is 79.7 cm³/mol. The number of nitrogens with one attached hydrogen (secondary N) is 1. The second-order valence-electron chi connectivity index (χ2n) is 4.98. The van der Waals surface area contributed by atoms with E-state index in [0.717, 1.165) is 17.8 Å². The second kappa shape index (κ2) is 5.69. The monoisotopic (exact) mass is 302 g/mol. The first-order valence-corrected chi connectivity index (χ1v) is 8.49. The lowest BCUT2D eigenvalue weighted by molar-refractivity contribution is 0.601. The van der Waals surface area contributed by atoms with Gasteiger partial charge in [0.15, 0.2) is 9.84 Å². The van der Waals surface area contributed by atoms with Crippen molar-refractivity contribution in [3.05, 3.63) is 28.8 Å². The van der Waals surface area contributed by atoms with Crippen molar-refractivity contribution in [3.63, 3.8) is 0 Å². The van der Waals surface area contributed by atoms with Crippen molar-refractivity contribution in [2.45, 2.75) is 19.0 Å². The molecule has 1 heterocycles. The Bertz CT molecular complexity index is 560. The maximum atomic E-state index is 11.5. The fourth-order valence-electron chi connectivity index (χ4n) is 2.43. The Kier molecular flexibility index (Phi) is 4.38. The van der Waals surface area contributed by atoms with Crippen molar-refractivity contribution >= 4 is 27.1 Å². The van der Waals surface area contributed by atoms with E-state index in [1.807, 2.05) is 37.2 Å². The minimum absolute atomic E-state index is 0.0256. The molecule has 4 nitrogen and oxygen atoms in total. The van der Waals surface area contributed by atoms with E-state index in [4.69, 9.17) is 11.6 Å². The van der Waals surface area contributed by atoms with Crippen LogP contribution in [0.4, 0.5) is 5.69 Å². The van der Waals surface area contributed by atoms with Gasteiger partial charge in [-0.25, -0.2) is 8.42 Å². The normalized spacial score (nSPS) is 21.5. The highest BCUT2D eigenvalue weighted by Crippen LogP contribution is 2.30. The largest absolute Gasteiger partial charge is 0.369 e. The molecule has 1 aromatic carbocycles. The Labute approximate surface area is 119 Å². The van der Waals surface area contributed by atoms with Crippen LogP contribution in [0.15, 0.2) is 18.2 Å². The molecule has 19 heavy (non-hydrogen) atoms. The van der Waals surface area contributed by atoms with Gasteiger partial charge in [0.25, 0.3) is 0 Å². The second-order valence-corrected chi connectivity index (χ2v) is 7.62. The summed E-state index contributed by atoms with van der Waals surface area (Å²) < 4.78 is 23.1. The van der Waals surface area contributed by atoms with Crippen LogP contribution in [0.1, 0.15) is 12.0 Å². The summed E-state index contributed by atoms with van der Waals surface area (Å²) in [6.07, 6.45) is 0.674. The van der Waals surface area contributed by atoms with E-state index < -0.39 is 9.84 Å². The summed E-state index contributed by atoms with van der Waals surface area (Å²) in [7, 11) is 0.921. The van der Waals surface area contributed by atoms with E-state index in [1.165, 1.54) is 0 Å². The Balaban J connectivity index is 2.18. The molecular formula is C13H19ClN2O2S. The minimum atomic E-state index is -2.87. The predicted octanol–water partition coefficient (Wildman–Crippen LogP) is 1.68. The van der Waals surface area contributed by atoms with Gasteiger partial charge >= 0.3 is 0 Å². The SMILES string of the molecule is CNCc1ccc(N(C)C2CCS(=O)(=O)C2)c(Cl)c1. The summed E-state index contributed by atoms with van der Waals surface area (Å²) in [5.74, 6) is 0.496. The van der Waals surface area contributed by atoms with Gasteiger partial charge in [-0.15, -0.1) is 0 Å². The third kappa shape index (κ3) is 3.41. The van der Waals surface area contributed by atoms with Crippen molar-refractivity contribution < 1.29 is 8.42 Å². The molecule has 0 saturated carbocycles. The maximum Gasteiger partial charge on any atom is 0.152 e. The van der Waals surface area contributed by atoms with Gasteiger partial charge in [-0.3, -0.25) is 0 Å². The van der Waals surface area contributed by atoms with Gasteiger partial charge in [0, 0.05) is 19.6 Å². The fourth-order valence-corrected chi connectivity index (χ4v) is 4.54. The first-order chi connectivity index (χ1) is 8.93. The molecule has 1 atom stereocenters. The van der Waals surface area contributed by atoms with Gasteiger partial charge in [-0.1, -0.05) is 17.7 Å². The molecule has 1 unspecified atom stereocenters. The molecule has 1 aliphatic heterocycles. The molecule has 1 saturated heterocycles. The minimum Gasteiger partial charge on any atom is -0.369 e.